The quantitative estimate of drug-likeness (QED) is 0.648. The van der Waals surface area contributed by atoms with E-state index in [0.717, 1.165) is 35.2 Å². The van der Waals surface area contributed by atoms with Gasteiger partial charge >= 0.3 is 0 Å². The molecule has 5 heteroatoms. The second-order valence-electron chi connectivity index (χ2n) is 7.79. The van der Waals surface area contributed by atoms with E-state index < -0.39 is 11.6 Å². The maximum Gasteiger partial charge on any atom is 0.254 e. The Hall–Kier alpha value is -2.69. The lowest BCUT2D eigenvalue weighted by atomic mass is 9.88. The molecule has 0 radical (unpaired) electrons. The highest BCUT2D eigenvalue weighted by Gasteiger charge is 2.26. The molecule has 0 saturated heterocycles. The number of amides is 1. The van der Waals surface area contributed by atoms with Crippen LogP contribution in [-0.2, 0) is 18.4 Å². The second kappa shape index (κ2) is 7.14. The highest BCUT2D eigenvalue weighted by atomic mass is 19.2. The first kappa shape index (κ1) is 19.1. The summed E-state index contributed by atoms with van der Waals surface area (Å²) in [6, 6.07) is 9.68. The van der Waals surface area contributed by atoms with Crippen LogP contribution in [-0.4, -0.2) is 10.9 Å². The average Bonchev–Trinajstić information content (AvgIpc) is 3.01. The smallest absolute Gasteiger partial charge is 0.254 e. The summed E-state index contributed by atoms with van der Waals surface area (Å²) in [6.07, 6.45) is 0.914. The molecule has 0 saturated carbocycles. The van der Waals surface area contributed by atoms with Crippen molar-refractivity contribution in [2.24, 2.45) is 0 Å². The van der Waals surface area contributed by atoms with E-state index in [2.05, 4.69) is 23.3 Å². The average molecular weight is 370 g/mol. The van der Waals surface area contributed by atoms with E-state index >= 15 is 0 Å². The largest absolute Gasteiger partial charge is 0.357 e. The molecule has 0 fully saturated rings. The van der Waals surface area contributed by atoms with Crippen molar-refractivity contribution in [3.8, 4) is 0 Å². The van der Waals surface area contributed by atoms with E-state index in [1.807, 2.05) is 32.9 Å². The number of halogens is 2. The molecule has 3 aromatic rings. The maximum atomic E-state index is 13.4. The molecular weight excluding hydrogens is 346 g/mol. The molecule has 2 aromatic carbocycles. The Labute approximate surface area is 157 Å². The van der Waals surface area contributed by atoms with Crippen LogP contribution in [0, 0.1) is 11.6 Å². The van der Waals surface area contributed by atoms with E-state index in [9.17, 15) is 13.6 Å². The normalized spacial score (nSPS) is 11.8. The van der Waals surface area contributed by atoms with Gasteiger partial charge in [-0.1, -0.05) is 45.9 Å². The first-order valence-electron chi connectivity index (χ1n) is 9.08. The maximum absolute atomic E-state index is 13.4. The zero-order valence-electron chi connectivity index (χ0n) is 16.0. The summed E-state index contributed by atoms with van der Waals surface area (Å²) in [5.74, 6) is -2.06. The molecule has 0 aliphatic heterocycles. The summed E-state index contributed by atoms with van der Waals surface area (Å²) in [5.41, 5.74) is 3.83. The molecule has 2 N–H and O–H groups in total. The van der Waals surface area contributed by atoms with E-state index in [4.69, 9.17) is 0 Å². The zero-order chi connectivity index (χ0) is 19.8. The molecule has 1 aromatic heterocycles. The van der Waals surface area contributed by atoms with Crippen molar-refractivity contribution in [2.75, 3.05) is 0 Å². The Morgan fingerprint density at radius 2 is 1.74 bits per heavy atom. The summed E-state index contributed by atoms with van der Waals surface area (Å²) in [6.45, 7) is 8.35. The van der Waals surface area contributed by atoms with Crippen LogP contribution < -0.4 is 5.32 Å². The number of aromatic amines is 1. The molecule has 1 amide bonds. The molecule has 142 valence electrons. The van der Waals surface area contributed by atoms with Gasteiger partial charge in [-0.2, -0.15) is 0 Å². The predicted octanol–water partition coefficient (Wildman–Crippen LogP) is 5.24. The van der Waals surface area contributed by atoms with E-state index in [1.165, 1.54) is 11.6 Å². The number of aromatic nitrogens is 1. The van der Waals surface area contributed by atoms with Crippen molar-refractivity contribution in [3.05, 3.63) is 70.4 Å². The standard InChI is InChI=1S/C22H24F2N2O/c1-5-13-6-8-15-18(11-13)26-20(22(2,3)4)19(15)21(27)25-12-14-7-9-16(23)17(24)10-14/h6-11,26H,5,12H2,1-4H3,(H,25,27). The SMILES string of the molecule is CCc1ccc2c(C(=O)NCc3ccc(F)c(F)c3)c(C(C)(C)C)[nH]c2c1. The van der Waals surface area contributed by atoms with Gasteiger partial charge in [0.1, 0.15) is 0 Å². The molecule has 0 spiro atoms. The fraction of sp³-hybridized carbons (Fsp3) is 0.318. The molecule has 3 nitrogen and oxygen atoms in total. The van der Waals surface area contributed by atoms with Crippen molar-refractivity contribution >= 4 is 16.8 Å². The van der Waals surface area contributed by atoms with Crippen molar-refractivity contribution < 1.29 is 13.6 Å². The lowest BCUT2D eigenvalue weighted by Gasteiger charge is -2.19. The van der Waals surface area contributed by atoms with Crippen LogP contribution in [0.5, 0.6) is 0 Å². The minimum atomic E-state index is -0.920. The Morgan fingerprint density at radius 3 is 2.37 bits per heavy atom. The van der Waals surface area contributed by atoms with E-state index in [-0.39, 0.29) is 17.9 Å². The zero-order valence-corrected chi connectivity index (χ0v) is 16.0. The molecular formula is C22H24F2N2O. The fourth-order valence-electron chi connectivity index (χ4n) is 3.18. The van der Waals surface area contributed by atoms with Crippen LogP contribution in [0.4, 0.5) is 8.78 Å². The number of benzene rings is 2. The first-order valence-corrected chi connectivity index (χ1v) is 9.08. The van der Waals surface area contributed by atoms with Crippen molar-refractivity contribution in [3.63, 3.8) is 0 Å². The van der Waals surface area contributed by atoms with Gasteiger partial charge in [0.05, 0.1) is 5.56 Å². The number of nitrogens with one attached hydrogen (secondary N) is 2. The molecule has 1 heterocycles. The number of fused-ring (bicyclic) bond motifs is 1. The Balaban J connectivity index is 1.95. The van der Waals surface area contributed by atoms with Crippen molar-refractivity contribution in [2.45, 2.75) is 46.1 Å². The van der Waals surface area contributed by atoms with Crippen LogP contribution in [0.25, 0.3) is 10.9 Å². The Morgan fingerprint density at radius 1 is 1.04 bits per heavy atom. The summed E-state index contributed by atoms with van der Waals surface area (Å²) in [5, 5.41) is 3.69. The van der Waals surface area contributed by atoms with Gasteiger partial charge in [0.25, 0.3) is 5.91 Å². The fourth-order valence-corrected chi connectivity index (χ4v) is 3.18. The number of aryl methyl sites for hydroxylation is 1. The lowest BCUT2D eigenvalue weighted by molar-refractivity contribution is 0.0950. The monoisotopic (exact) mass is 370 g/mol. The van der Waals surface area contributed by atoms with Crippen LogP contribution in [0.3, 0.4) is 0 Å². The van der Waals surface area contributed by atoms with Gasteiger partial charge in [-0.3, -0.25) is 4.79 Å². The molecule has 0 aliphatic carbocycles. The van der Waals surface area contributed by atoms with Gasteiger partial charge in [0.2, 0.25) is 0 Å². The molecule has 0 aliphatic rings. The second-order valence-corrected chi connectivity index (χ2v) is 7.79. The molecule has 27 heavy (non-hydrogen) atoms. The third kappa shape index (κ3) is 3.87. The number of carbonyl (C=O) groups is 1. The van der Waals surface area contributed by atoms with E-state index in [1.54, 1.807) is 0 Å². The van der Waals surface area contributed by atoms with Gasteiger partial charge in [0.15, 0.2) is 11.6 Å². The highest BCUT2D eigenvalue weighted by Crippen LogP contribution is 2.32. The van der Waals surface area contributed by atoms with Gasteiger partial charge in [0, 0.05) is 28.6 Å². The van der Waals surface area contributed by atoms with Gasteiger partial charge in [-0.05, 0) is 35.7 Å². The molecule has 0 bridgehead atoms. The topological polar surface area (TPSA) is 44.9 Å². The minimum absolute atomic E-state index is 0.124. The van der Waals surface area contributed by atoms with Gasteiger partial charge in [-0.25, -0.2) is 8.78 Å². The Bertz CT molecular complexity index is 999. The lowest BCUT2D eigenvalue weighted by Crippen LogP contribution is -2.26. The summed E-state index contributed by atoms with van der Waals surface area (Å²) >= 11 is 0. The number of hydrogen-bond acceptors (Lipinski definition) is 1. The van der Waals surface area contributed by atoms with Crippen molar-refractivity contribution in [1.82, 2.24) is 10.3 Å². The highest BCUT2D eigenvalue weighted by molar-refractivity contribution is 6.08. The number of rotatable bonds is 4. The predicted molar refractivity (Wildman–Crippen MR) is 104 cm³/mol. The van der Waals surface area contributed by atoms with Crippen LogP contribution in [0.1, 0.15) is 54.9 Å². The first-order chi connectivity index (χ1) is 12.7. The van der Waals surface area contributed by atoms with Crippen molar-refractivity contribution in [1.29, 1.82) is 0 Å². The number of H-pyrrole nitrogens is 1. The summed E-state index contributed by atoms with van der Waals surface area (Å²) in [4.78, 5) is 16.4. The number of carbonyl (C=O) groups excluding carboxylic acids is 1. The van der Waals surface area contributed by atoms with E-state index in [0.29, 0.717) is 11.1 Å². The van der Waals surface area contributed by atoms with Crippen LogP contribution in [0.2, 0.25) is 0 Å². The minimum Gasteiger partial charge on any atom is -0.357 e. The van der Waals surface area contributed by atoms with Crippen LogP contribution >= 0.6 is 0 Å². The summed E-state index contributed by atoms with van der Waals surface area (Å²) in [7, 11) is 0. The molecule has 0 unspecified atom stereocenters. The molecule has 3 rings (SSSR count). The third-order valence-electron chi connectivity index (χ3n) is 4.69. The third-order valence-corrected chi connectivity index (χ3v) is 4.69. The molecule has 0 atom stereocenters. The summed E-state index contributed by atoms with van der Waals surface area (Å²) < 4.78 is 26.5. The van der Waals surface area contributed by atoms with Crippen LogP contribution in [0.15, 0.2) is 36.4 Å². The van der Waals surface area contributed by atoms with Gasteiger partial charge in [-0.15, -0.1) is 0 Å². The number of hydrogen-bond donors (Lipinski definition) is 2. The Kier molecular flexibility index (Phi) is 5.05. The van der Waals surface area contributed by atoms with Gasteiger partial charge < -0.3 is 10.3 Å².